The van der Waals surface area contributed by atoms with Gasteiger partial charge in [0, 0.05) is 12.0 Å². The van der Waals surface area contributed by atoms with Crippen molar-refractivity contribution in [3.05, 3.63) is 47.0 Å². The Kier molecular flexibility index (Phi) is 5.41. The van der Waals surface area contributed by atoms with Crippen molar-refractivity contribution in [1.29, 1.82) is 0 Å². The first-order valence-electron chi connectivity index (χ1n) is 8.60. The van der Waals surface area contributed by atoms with E-state index in [-0.39, 0.29) is 27.7 Å². The van der Waals surface area contributed by atoms with Crippen molar-refractivity contribution in [3.63, 3.8) is 0 Å². The minimum absolute atomic E-state index is 0.150. The highest BCUT2D eigenvalue weighted by Crippen LogP contribution is 2.37. The number of nitrogens with zero attached hydrogens (tertiary/aromatic N) is 1. The molecule has 1 aliphatic heterocycles. The first-order valence-corrected chi connectivity index (χ1v) is 10.0. The van der Waals surface area contributed by atoms with Gasteiger partial charge in [-0.1, -0.05) is 25.1 Å². The van der Waals surface area contributed by atoms with Gasteiger partial charge in [0.05, 0.1) is 17.2 Å². The fourth-order valence-corrected chi connectivity index (χ4v) is 3.63. The number of carbonyl (C=O) groups excluding carboxylic acids is 2. The molecule has 1 aliphatic rings. The zero-order valence-electron chi connectivity index (χ0n) is 15.3. The molecule has 0 N–H and O–H groups in total. The summed E-state index contributed by atoms with van der Waals surface area (Å²) in [5, 5.41) is 0.349. The van der Waals surface area contributed by atoms with E-state index in [2.05, 4.69) is 4.28 Å². The molecule has 2 aromatic rings. The van der Waals surface area contributed by atoms with E-state index < -0.39 is 27.4 Å². The summed E-state index contributed by atoms with van der Waals surface area (Å²) in [6, 6.07) is 7.29. The summed E-state index contributed by atoms with van der Waals surface area (Å²) in [5.41, 5.74) is -5.39. The third-order valence-electron chi connectivity index (χ3n) is 4.45. The molecule has 0 bridgehead atoms. The predicted molar refractivity (Wildman–Crippen MR) is 95.2 cm³/mol. The van der Waals surface area contributed by atoms with Crippen LogP contribution in [0.3, 0.4) is 0 Å². The van der Waals surface area contributed by atoms with Crippen LogP contribution in [0.25, 0.3) is 10.8 Å². The normalized spacial score (nSPS) is 15.8. The molecule has 29 heavy (non-hydrogen) atoms. The quantitative estimate of drug-likeness (QED) is 0.512. The van der Waals surface area contributed by atoms with Crippen LogP contribution in [0.4, 0.5) is 13.2 Å². The van der Waals surface area contributed by atoms with Crippen molar-refractivity contribution in [2.24, 2.45) is 0 Å². The smallest absolute Gasteiger partial charge is 0.374 e. The monoisotopic (exact) mass is 431 g/mol. The van der Waals surface area contributed by atoms with E-state index in [1.165, 1.54) is 18.2 Å². The molecule has 0 spiro atoms. The van der Waals surface area contributed by atoms with Crippen molar-refractivity contribution < 1.29 is 40.2 Å². The van der Waals surface area contributed by atoms with Crippen molar-refractivity contribution in [2.75, 3.05) is 6.61 Å². The summed E-state index contributed by atoms with van der Waals surface area (Å²) < 4.78 is 70.1. The van der Waals surface area contributed by atoms with Crippen molar-refractivity contribution in [3.8, 4) is 0 Å². The number of amides is 2. The number of carbonyl (C=O) groups is 2. The number of benzene rings is 2. The molecule has 7 nitrogen and oxygen atoms in total. The predicted octanol–water partition coefficient (Wildman–Crippen LogP) is 3.70. The molecular formula is C18H16F3NO6S. The van der Waals surface area contributed by atoms with E-state index >= 15 is 0 Å². The summed E-state index contributed by atoms with van der Waals surface area (Å²) in [7, 11) is -6.20. The highest BCUT2D eigenvalue weighted by molar-refractivity contribution is 7.87. The molecule has 11 heteroatoms. The first kappa shape index (κ1) is 21.2. The van der Waals surface area contributed by atoms with Gasteiger partial charge in [0.25, 0.3) is 11.8 Å². The van der Waals surface area contributed by atoms with Crippen molar-refractivity contribution in [2.45, 2.75) is 31.9 Å². The maximum absolute atomic E-state index is 12.6. The lowest BCUT2D eigenvalue weighted by molar-refractivity contribution is -0.0761. The van der Waals surface area contributed by atoms with Crippen LogP contribution in [-0.2, 0) is 19.1 Å². The number of rotatable bonds is 6. The van der Waals surface area contributed by atoms with Gasteiger partial charge in [0.2, 0.25) is 0 Å². The standard InChI is InChI=1S/C18H16F3NO6S/c1-3-14(27-4-2)10-8-9-13-15-11(10)6-5-7-12(15)16(23)22(17(13)24)28-29(25,26)18(19,20)21/h5-9,14H,3-4H2,1-2H3. The number of hydrogen-bond acceptors (Lipinski definition) is 6. The fourth-order valence-electron chi connectivity index (χ4n) is 3.21. The van der Waals surface area contributed by atoms with Gasteiger partial charge in [0.15, 0.2) is 0 Å². The molecule has 3 rings (SSSR count). The average molecular weight is 431 g/mol. The average Bonchev–Trinajstić information content (AvgIpc) is 2.66. The number of halogens is 3. The Balaban J connectivity index is 2.16. The summed E-state index contributed by atoms with van der Waals surface area (Å²) >= 11 is 0. The molecule has 0 aromatic heterocycles. The largest absolute Gasteiger partial charge is 0.525 e. The minimum Gasteiger partial charge on any atom is -0.374 e. The van der Waals surface area contributed by atoms with Crippen LogP contribution < -0.4 is 0 Å². The van der Waals surface area contributed by atoms with Crippen molar-refractivity contribution in [1.82, 2.24) is 5.06 Å². The highest BCUT2D eigenvalue weighted by atomic mass is 32.2. The van der Waals surface area contributed by atoms with E-state index in [1.807, 2.05) is 13.8 Å². The molecule has 0 aliphatic carbocycles. The van der Waals surface area contributed by atoms with Crippen LogP contribution in [0.15, 0.2) is 30.3 Å². The maximum Gasteiger partial charge on any atom is 0.525 e. The Hall–Kier alpha value is -2.50. The van der Waals surface area contributed by atoms with E-state index in [0.29, 0.717) is 24.0 Å². The fraction of sp³-hybridized carbons (Fsp3) is 0.333. The van der Waals surface area contributed by atoms with Gasteiger partial charge in [-0.3, -0.25) is 9.59 Å². The lowest BCUT2D eigenvalue weighted by atomic mass is 9.90. The van der Waals surface area contributed by atoms with Gasteiger partial charge in [-0.15, -0.1) is 9.35 Å². The number of alkyl halides is 3. The molecule has 156 valence electrons. The molecule has 1 heterocycles. The molecule has 0 radical (unpaired) electrons. The Morgan fingerprint density at radius 1 is 1.03 bits per heavy atom. The number of ether oxygens (including phenoxy) is 1. The summed E-state index contributed by atoms with van der Waals surface area (Å²) in [6.45, 7) is 4.14. The Morgan fingerprint density at radius 2 is 1.66 bits per heavy atom. The van der Waals surface area contributed by atoms with Gasteiger partial charge in [-0.05, 0) is 36.4 Å². The third kappa shape index (κ3) is 3.49. The molecule has 0 fully saturated rings. The zero-order chi connectivity index (χ0) is 21.6. The van der Waals surface area contributed by atoms with Gasteiger partial charge in [-0.2, -0.15) is 21.6 Å². The Labute approximate surface area is 164 Å². The lowest BCUT2D eigenvalue weighted by Crippen LogP contribution is -2.44. The second-order valence-corrected chi connectivity index (χ2v) is 7.68. The highest BCUT2D eigenvalue weighted by Gasteiger charge is 2.51. The molecular weight excluding hydrogens is 415 g/mol. The molecule has 1 atom stereocenters. The number of imide groups is 1. The summed E-state index contributed by atoms with van der Waals surface area (Å²) in [5.74, 6) is -2.61. The van der Waals surface area contributed by atoms with Gasteiger partial charge >= 0.3 is 15.6 Å². The third-order valence-corrected chi connectivity index (χ3v) is 5.36. The second-order valence-electron chi connectivity index (χ2n) is 6.16. The Morgan fingerprint density at radius 3 is 2.21 bits per heavy atom. The van der Waals surface area contributed by atoms with Crippen LogP contribution >= 0.6 is 0 Å². The lowest BCUT2D eigenvalue weighted by Gasteiger charge is -2.27. The van der Waals surface area contributed by atoms with Gasteiger partial charge in [-0.25, -0.2) is 0 Å². The van der Waals surface area contributed by atoms with E-state index in [1.54, 1.807) is 12.1 Å². The van der Waals surface area contributed by atoms with Crippen LogP contribution in [0.1, 0.15) is 52.7 Å². The van der Waals surface area contributed by atoms with E-state index in [4.69, 9.17) is 4.74 Å². The van der Waals surface area contributed by atoms with Crippen LogP contribution in [-0.4, -0.2) is 37.4 Å². The molecule has 0 saturated heterocycles. The molecule has 1 unspecified atom stereocenters. The topological polar surface area (TPSA) is 90.0 Å². The Bertz CT molecular complexity index is 1070. The van der Waals surface area contributed by atoms with Crippen LogP contribution in [0.2, 0.25) is 0 Å². The zero-order valence-corrected chi connectivity index (χ0v) is 16.1. The first-order chi connectivity index (χ1) is 13.5. The number of hydroxylamine groups is 2. The summed E-state index contributed by atoms with van der Waals surface area (Å²) in [4.78, 5) is 25.2. The summed E-state index contributed by atoms with van der Waals surface area (Å²) in [6.07, 6.45) is 0.280. The van der Waals surface area contributed by atoms with Gasteiger partial charge in [0.1, 0.15) is 0 Å². The van der Waals surface area contributed by atoms with Crippen molar-refractivity contribution >= 4 is 32.7 Å². The molecule has 2 aromatic carbocycles. The van der Waals surface area contributed by atoms with E-state index in [0.717, 1.165) is 0 Å². The SMILES string of the molecule is CCOC(CC)c1ccc2c3c(cccc13)C(=O)N(OS(=O)(=O)C(F)(F)F)C2=O. The second kappa shape index (κ2) is 7.39. The minimum atomic E-state index is -6.20. The maximum atomic E-state index is 12.6. The van der Waals surface area contributed by atoms with Crippen LogP contribution in [0.5, 0.6) is 0 Å². The van der Waals surface area contributed by atoms with Gasteiger partial charge < -0.3 is 4.74 Å². The number of hydrogen-bond donors (Lipinski definition) is 0. The van der Waals surface area contributed by atoms with E-state index in [9.17, 15) is 31.2 Å². The molecule has 2 amide bonds. The molecule has 0 saturated carbocycles. The van der Waals surface area contributed by atoms with Crippen LogP contribution in [0, 0.1) is 0 Å².